The largest absolute Gasteiger partial charge is 0.420 e. The number of nitrogens with zero attached hydrogens (tertiary/aromatic N) is 2. The van der Waals surface area contributed by atoms with Gasteiger partial charge in [-0.3, -0.25) is 9.29 Å². The van der Waals surface area contributed by atoms with Crippen molar-refractivity contribution in [1.82, 2.24) is 14.9 Å². The molecule has 1 saturated heterocycles. The van der Waals surface area contributed by atoms with Crippen molar-refractivity contribution in [2.45, 2.75) is 43.5 Å². The average Bonchev–Trinajstić information content (AvgIpc) is 3.18. The van der Waals surface area contributed by atoms with Crippen LogP contribution in [0.4, 0.5) is 10.2 Å². The normalized spacial score (nSPS) is 15.8. The van der Waals surface area contributed by atoms with Crippen LogP contribution in [0.25, 0.3) is 11.1 Å². The summed E-state index contributed by atoms with van der Waals surface area (Å²) in [5.41, 5.74) is 3.34. The number of pyridine rings is 1. The minimum Gasteiger partial charge on any atom is -0.408 e. The monoisotopic (exact) mass is 510 g/mol. The first-order valence-electron chi connectivity index (χ1n) is 11.8. The van der Waals surface area contributed by atoms with E-state index in [1.807, 2.05) is 25.1 Å². The van der Waals surface area contributed by atoms with Crippen LogP contribution in [-0.2, 0) is 10.0 Å². The molecule has 1 aliphatic heterocycles. The van der Waals surface area contributed by atoms with Gasteiger partial charge < -0.3 is 9.73 Å². The Bertz CT molecular complexity index is 1590. The Morgan fingerprint density at radius 2 is 1.89 bits per heavy atom. The maximum atomic E-state index is 13.4. The van der Waals surface area contributed by atoms with Crippen molar-refractivity contribution in [3.63, 3.8) is 0 Å². The van der Waals surface area contributed by atoms with E-state index < -0.39 is 21.7 Å². The molecule has 2 aromatic heterocycles. The molecule has 0 bridgehead atoms. The molecule has 8 nitrogen and oxygen atoms in total. The summed E-state index contributed by atoms with van der Waals surface area (Å²) in [7, 11) is -4.11. The first-order chi connectivity index (χ1) is 17.2. The highest BCUT2D eigenvalue weighted by Crippen LogP contribution is 2.34. The topological polar surface area (TPSA) is 106 Å². The van der Waals surface area contributed by atoms with Gasteiger partial charge in [0.1, 0.15) is 5.82 Å². The van der Waals surface area contributed by atoms with Crippen molar-refractivity contribution >= 4 is 26.9 Å². The van der Waals surface area contributed by atoms with Crippen LogP contribution in [0, 0.1) is 12.9 Å². The van der Waals surface area contributed by atoms with Crippen molar-refractivity contribution in [3.8, 4) is 0 Å². The van der Waals surface area contributed by atoms with Crippen molar-refractivity contribution in [2.75, 3.05) is 17.8 Å². The van der Waals surface area contributed by atoms with E-state index in [9.17, 15) is 17.6 Å². The van der Waals surface area contributed by atoms with Gasteiger partial charge in [-0.05, 0) is 80.6 Å². The third-order valence-electron chi connectivity index (χ3n) is 6.77. The number of sulfonamides is 1. The average molecular weight is 511 g/mol. The molecule has 1 atom stereocenters. The molecule has 1 fully saturated rings. The van der Waals surface area contributed by atoms with E-state index in [2.05, 4.69) is 21.1 Å². The molecule has 2 N–H and O–H groups in total. The lowest BCUT2D eigenvalue weighted by Gasteiger charge is -2.27. The maximum absolute atomic E-state index is 13.4. The summed E-state index contributed by atoms with van der Waals surface area (Å²) in [6.45, 7) is 5.51. The lowest BCUT2D eigenvalue weighted by Crippen LogP contribution is -2.28. The Hall–Kier alpha value is -3.50. The van der Waals surface area contributed by atoms with Crippen LogP contribution in [0.2, 0.25) is 0 Å². The van der Waals surface area contributed by atoms with E-state index in [-0.39, 0.29) is 22.3 Å². The second-order valence-electron chi connectivity index (χ2n) is 9.10. The van der Waals surface area contributed by atoms with Gasteiger partial charge in [0.25, 0.3) is 10.0 Å². The van der Waals surface area contributed by atoms with E-state index in [4.69, 9.17) is 4.42 Å². The van der Waals surface area contributed by atoms with Crippen LogP contribution < -0.4 is 15.8 Å². The number of rotatable bonds is 6. The molecule has 3 heterocycles. The summed E-state index contributed by atoms with van der Waals surface area (Å²) in [6.07, 6.45) is 2.05. The van der Waals surface area contributed by atoms with Gasteiger partial charge in [-0.1, -0.05) is 30.3 Å². The van der Waals surface area contributed by atoms with Crippen LogP contribution in [0.3, 0.4) is 0 Å². The van der Waals surface area contributed by atoms with E-state index in [0.717, 1.165) is 37.6 Å². The molecule has 0 amide bonds. The molecule has 0 unspecified atom stereocenters. The van der Waals surface area contributed by atoms with Gasteiger partial charge in [-0.15, -0.1) is 0 Å². The van der Waals surface area contributed by atoms with Gasteiger partial charge in [0, 0.05) is 6.07 Å². The van der Waals surface area contributed by atoms with Crippen molar-refractivity contribution in [3.05, 3.63) is 87.8 Å². The fourth-order valence-corrected chi connectivity index (χ4v) is 6.26. The number of aromatic nitrogens is 2. The number of hydrogen-bond acceptors (Lipinski definition) is 6. The van der Waals surface area contributed by atoms with Gasteiger partial charge in [0.2, 0.25) is 5.95 Å². The minimum atomic E-state index is -4.11. The first-order valence-corrected chi connectivity index (χ1v) is 13.3. The van der Waals surface area contributed by atoms with Crippen molar-refractivity contribution in [1.29, 1.82) is 0 Å². The smallest absolute Gasteiger partial charge is 0.408 e. The molecular weight excluding hydrogens is 483 g/mol. The lowest BCUT2D eigenvalue weighted by atomic mass is 9.85. The first kappa shape index (κ1) is 24.2. The number of anilines is 1. The van der Waals surface area contributed by atoms with Gasteiger partial charge >= 0.3 is 5.76 Å². The Labute approximate surface area is 208 Å². The Morgan fingerprint density at radius 3 is 2.64 bits per heavy atom. The molecule has 188 valence electrons. The van der Waals surface area contributed by atoms with Crippen molar-refractivity contribution < 1.29 is 17.2 Å². The van der Waals surface area contributed by atoms with Crippen molar-refractivity contribution in [2.24, 2.45) is 0 Å². The van der Waals surface area contributed by atoms with Gasteiger partial charge in [-0.2, -0.15) is 4.39 Å². The standard InChI is InChI=1S/C26H27FN4O4S/c1-16-14-21-22(15-23(16)36(33,34)30-25-9-5-8-24(27)29-25)35-26(32)31(21)17(2)19-6-3-4-7-20(19)18-10-12-28-13-11-18/h3-9,14-15,17-18,28H,10-13H2,1-2H3,(H,29,30)/t17-/m1/s1. The molecule has 0 aliphatic carbocycles. The predicted octanol–water partition coefficient (Wildman–Crippen LogP) is 4.31. The molecule has 1 aliphatic rings. The van der Waals surface area contributed by atoms with Crippen LogP contribution in [0.1, 0.15) is 48.4 Å². The molecule has 10 heteroatoms. The van der Waals surface area contributed by atoms with Crippen LogP contribution in [0.5, 0.6) is 0 Å². The Morgan fingerprint density at radius 1 is 1.14 bits per heavy atom. The minimum absolute atomic E-state index is 0.0790. The second kappa shape index (κ2) is 9.51. The third-order valence-corrected chi connectivity index (χ3v) is 8.26. The quantitative estimate of drug-likeness (QED) is 0.375. The summed E-state index contributed by atoms with van der Waals surface area (Å²) in [4.78, 5) is 16.5. The molecule has 4 aromatic rings. The highest BCUT2D eigenvalue weighted by Gasteiger charge is 2.26. The maximum Gasteiger partial charge on any atom is 0.420 e. The molecular formula is C26H27FN4O4S. The lowest BCUT2D eigenvalue weighted by molar-refractivity contribution is 0.450. The molecule has 36 heavy (non-hydrogen) atoms. The zero-order valence-electron chi connectivity index (χ0n) is 20.0. The van der Waals surface area contributed by atoms with E-state index in [1.54, 1.807) is 17.6 Å². The Kier molecular flexibility index (Phi) is 6.40. The highest BCUT2D eigenvalue weighted by atomic mass is 32.2. The van der Waals surface area contributed by atoms with E-state index in [1.165, 1.54) is 23.8 Å². The van der Waals surface area contributed by atoms with Gasteiger partial charge in [0.05, 0.1) is 16.5 Å². The summed E-state index contributed by atoms with van der Waals surface area (Å²) >= 11 is 0. The molecule has 0 spiro atoms. The number of aryl methyl sites for hydroxylation is 1. The summed E-state index contributed by atoms with van der Waals surface area (Å²) in [5, 5.41) is 3.39. The number of nitrogens with one attached hydrogen (secondary N) is 2. The molecule has 5 rings (SSSR count). The zero-order chi connectivity index (χ0) is 25.4. The zero-order valence-corrected chi connectivity index (χ0v) is 20.8. The van der Waals surface area contributed by atoms with Gasteiger partial charge in [0.15, 0.2) is 5.58 Å². The number of oxazole rings is 1. The molecule has 0 radical (unpaired) electrons. The van der Waals surface area contributed by atoms with E-state index in [0.29, 0.717) is 17.0 Å². The van der Waals surface area contributed by atoms with Crippen LogP contribution in [0.15, 0.2) is 68.7 Å². The second-order valence-corrected chi connectivity index (χ2v) is 10.8. The fourth-order valence-electron chi connectivity index (χ4n) is 5.01. The number of halogens is 1. The number of benzene rings is 2. The SMILES string of the molecule is Cc1cc2c(cc1S(=O)(=O)Nc1cccc(F)n1)oc(=O)n2[C@H](C)c1ccccc1C1CCNCC1. The number of hydrogen-bond donors (Lipinski definition) is 2. The number of fused-ring (bicyclic) bond motifs is 1. The third kappa shape index (κ3) is 4.54. The summed E-state index contributed by atoms with van der Waals surface area (Å²) in [5.74, 6) is -1.10. The van der Waals surface area contributed by atoms with Crippen LogP contribution in [-0.4, -0.2) is 31.1 Å². The summed E-state index contributed by atoms with van der Waals surface area (Å²) in [6, 6.07) is 14.6. The Balaban J connectivity index is 1.55. The van der Waals surface area contributed by atoms with Crippen LogP contribution >= 0.6 is 0 Å². The fraction of sp³-hybridized carbons (Fsp3) is 0.308. The van der Waals surface area contributed by atoms with Gasteiger partial charge in [-0.25, -0.2) is 18.2 Å². The van der Waals surface area contributed by atoms with E-state index >= 15 is 0 Å². The highest BCUT2D eigenvalue weighted by molar-refractivity contribution is 7.92. The molecule has 2 aromatic carbocycles. The number of piperidine rings is 1. The predicted molar refractivity (Wildman–Crippen MR) is 135 cm³/mol. The summed E-state index contributed by atoms with van der Waals surface area (Å²) < 4.78 is 48.9. The molecule has 0 saturated carbocycles.